The molecule has 0 saturated carbocycles. The number of thiazole rings is 1. The molecule has 0 spiro atoms. The molecule has 1 rings (SSSR count). The van der Waals surface area contributed by atoms with E-state index < -0.39 is 0 Å². The lowest BCUT2D eigenvalue weighted by Crippen LogP contribution is -2.05. The van der Waals surface area contributed by atoms with Gasteiger partial charge < -0.3 is 10.4 Å². The van der Waals surface area contributed by atoms with E-state index in [0.717, 1.165) is 30.1 Å². The molecular weight excluding hydrogens is 184 g/mol. The molecule has 1 heterocycles. The van der Waals surface area contributed by atoms with Gasteiger partial charge in [0.15, 0.2) is 0 Å². The van der Waals surface area contributed by atoms with Crippen LogP contribution in [0.15, 0.2) is 5.38 Å². The monoisotopic (exact) mass is 200 g/mol. The van der Waals surface area contributed by atoms with Gasteiger partial charge in [0.2, 0.25) is 0 Å². The zero-order valence-electron chi connectivity index (χ0n) is 8.08. The van der Waals surface area contributed by atoms with Gasteiger partial charge in [0.05, 0.1) is 5.69 Å². The number of aromatic nitrogens is 1. The molecule has 3 nitrogen and oxygen atoms in total. The lowest BCUT2D eigenvalue weighted by molar-refractivity contribution is 0.166. The SMILES string of the molecule is CCCC(O)c1nc(CNC)cs1. The summed E-state index contributed by atoms with van der Waals surface area (Å²) in [6.45, 7) is 2.83. The first-order chi connectivity index (χ1) is 6.27. The Balaban J connectivity index is 2.56. The molecule has 1 unspecified atom stereocenters. The second-order valence-corrected chi connectivity index (χ2v) is 3.90. The van der Waals surface area contributed by atoms with E-state index in [-0.39, 0.29) is 6.10 Å². The third-order valence-electron chi connectivity index (χ3n) is 1.77. The van der Waals surface area contributed by atoms with Crippen LogP contribution in [0.5, 0.6) is 0 Å². The quantitative estimate of drug-likeness (QED) is 0.760. The van der Waals surface area contributed by atoms with Crippen molar-refractivity contribution in [2.75, 3.05) is 7.05 Å². The van der Waals surface area contributed by atoms with Crippen molar-refractivity contribution in [1.29, 1.82) is 0 Å². The number of nitrogens with zero attached hydrogens (tertiary/aromatic N) is 1. The predicted octanol–water partition coefficient (Wildman–Crippen LogP) is 1.70. The largest absolute Gasteiger partial charge is 0.386 e. The number of hydrogen-bond acceptors (Lipinski definition) is 4. The molecule has 13 heavy (non-hydrogen) atoms. The molecule has 2 N–H and O–H groups in total. The first kappa shape index (κ1) is 10.6. The fourth-order valence-corrected chi connectivity index (χ4v) is 1.97. The maximum Gasteiger partial charge on any atom is 0.122 e. The highest BCUT2D eigenvalue weighted by Gasteiger charge is 2.10. The van der Waals surface area contributed by atoms with Crippen LogP contribution in [0.4, 0.5) is 0 Å². The van der Waals surface area contributed by atoms with Crippen molar-refractivity contribution >= 4 is 11.3 Å². The Morgan fingerprint density at radius 1 is 1.69 bits per heavy atom. The molecule has 0 aliphatic carbocycles. The van der Waals surface area contributed by atoms with E-state index in [2.05, 4.69) is 17.2 Å². The second kappa shape index (κ2) is 5.32. The Hall–Kier alpha value is -0.450. The Morgan fingerprint density at radius 2 is 2.46 bits per heavy atom. The summed E-state index contributed by atoms with van der Waals surface area (Å²) in [7, 11) is 1.89. The Labute approximate surface area is 82.8 Å². The minimum Gasteiger partial charge on any atom is -0.386 e. The van der Waals surface area contributed by atoms with Crippen LogP contribution in [0.25, 0.3) is 0 Å². The minimum absolute atomic E-state index is 0.374. The lowest BCUT2D eigenvalue weighted by atomic mass is 10.2. The van der Waals surface area contributed by atoms with E-state index in [4.69, 9.17) is 0 Å². The van der Waals surface area contributed by atoms with Crippen molar-refractivity contribution in [3.63, 3.8) is 0 Å². The normalized spacial score (nSPS) is 13.2. The van der Waals surface area contributed by atoms with Crippen molar-refractivity contribution in [2.24, 2.45) is 0 Å². The van der Waals surface area contributed by atoms with Gasteiger partial charge >= 0.3 is 0 Å². The molecule has 0 bridgehead atoms. The highest BCUT2D eigenvalue weighted by molar-refractivity contribution is 7.09. The summed E-state index contributed by atoms with van der Waals surface area (Å²) < 4.78 is 0. The Bertz CT molecular complexity index is 250. The van der Waals surface area contributed by atoms with Gasteiger partial charge in [0.25, 0.3) is 0 Å². The van der Waals surface area contributed by atoms with Crippen molar-refractivity contribution in [3.8, 4) is 0 Å². The van der Waals surface area contributed by atoms with Gasteiger partial charge in [-0.3, -0.25) is 0 Å². The maximum atomic E-state index is 9.63. The van der Waals surface area contributed by atoms with Crippen molar-refractivity contribution in [1.82, 2.24) is 10.3 Å². The first-order valence-electron chi connectivity index (χ1n) is 4.55. The molecule has 1 aromatic rings. The summed E-state index contributed by atoms with van der Waals surface area (Å²) in [5, 5.41) is 15.5. The van der Waals surface area contributed by atoms with Gasteiger partial charge in [-0.2, -0.15) is 0 Å². The van der Waals surface area contributed by atoms with Crippen LogP contribution >= 0.6 is 11.3 Å². The summed E-state index contributed by atoms with van der Waals surface area (Å²) in [6.07, 6.45) is 1.41. The molecule has 1 aromatic heterocycles. The third-order valence-corrected chi connectivity index (χ3v) is 2.77. The summed E-state index contributed by atoms with van der Waals surface area (Å²) in [4.78, 5) is 4.32. The average molecular weight is 200 g/mol. The average Bonchev–Trinajstić information content (AvgIpc) is 2.54. The van der Waals surface area contributed by atoms with Gasteiger partial charge in [-0.15, -0.1) is 11.3 Å². The standard InChI is InChI=1S/C9H16N2OS/c1-3-4-8(12)9-11-7(5-10-2)6-13-9/h6,8,10,12H,3-5H2,1-2H3. The van der Waals surface area contributed by atoms with Crippen LogP contribution in [0.1, 0.15) is 36.6 Å². The van der Waals surface area contributed by atoms with Gasteiger partial charge in [0, 0.05) is 11.9 Å². The Kier molecular flexibility index (Phi) is 4.35. The second-order valence-electron chi connectivity index (χ2n) is 3.01. The molecule has 1 atom stereocenters. The van der Waals surface area contributed by atoms with E-state index in [9.17, 15) is 5.11 Å². The zero-order chi connectivity index (χ0) is 9.68. The van der Waals surface area contributed by atoms with Crippen molar-refractivity contribution in [3.05, 3.63) is 16.1 Å². The molecule has 0 aliphatic rings. The fourth-order valence-electron chi connectivity index (χ4n) is 1.13. The highest BCUT2D eigenvalue weighted by atomic mass is 32.1. The van der Waals surface area contributed by atoms with E-state index >= 15 is 0 Å². The van der Waals surface area contributed by atoms with Crippen LogP contribution < -0.4 is 5.32 Å². The molecule has 0 aromatic carbocycles. The number of rotatable bonds is 5. The van der Waals surface area contributed by atoms with E-state index in [0.29, 0.717) is 0 Å². The first-order valence-corrected chi connectivity index (χ1v) is 5.42. The van der Waals surface area contributed by atoms with Crippen LogP contribution in [0.3, 0.4) is 0 Å². The number of aliphatic hydroxyl groups is 1. The minimum atomic E-state index is -0.374. The van der Waals surface area contributed by atoms with Crippen molar-refractivity contribution in [2.45, 2.75) is 32.4 Å². The van der Waals surface area contributed by atoms with Crippen LogP contribution in [-0.4, -0.2) is 17.1 Å². The lowest BCUT2D eigenvalue weighted by Gasteiger charge is -2.03. The molecule has 0 aliphatic heterocycles. The molecule has 4 heteroatoms. The van der Waals surface area contributed by atoms with Crippen LogP contribution in [0.2, 0.25) is 0 Å². The van der Waals surface area contributed by atoms with Crippen molar-refractivity contribution < 1.29 is 5.11 Å². The zero-order valence-corrected chi connectivity index (χ0v) is 8.90. The fraction of sp³-hybridized carbons (Fsp3) is 0.667. The van der Waals surface area contributed by atoms with Gasteiger partial charge in [-0.25, -0.2) is 4.98 Å². The summed E-state index contributed by atoms with van der Waals surface area (Å²) in [5.74, 6) is 0. The summed E-state index contributed by atoms with van der Waals surface area (Å²) >= 11 is 1.54. The molecular formula is C9H16N2OS. The van der Waals surface area contributed by atoms with E-state index in [1.807, 2.05) is 12.4 Å². The molecule has 0 fully saturated rings. The molecule has 74 valence electrons. The topological polar surface area (TPSA) is 45.2 Å². The van der Waals surface area contributed by atoms with E-state index in [1.165, 1.54) is 11.3 Å². The van der Waals surface area contributed by atoms with Gasteiger partial charge in [-0.1, -0.05) is 13.3 Å². The molecule has 0 saturated heterocycles. The van der Waals surface area contributed by atoms with Gasteiger partial charge in [0.1, 0.15) is 11.1 Å². The highest BCUT2D eigenvalue weighted by Crippen LogP contribution is 2.21. The predicted molar refractivity (Wildman–Crippen MR) is 54.7 cm³/mol. The molecule has 0 radical (unpaired) electrons. The van der Waals surface area contributed by atoms with Crippen LogP contribution in [0, 0.1) is 0 Å². The molecule has 0 amide bonds. The van der Waals surface area contributed by atoms with Crippen LogP contribution in [-0.2, 0) is 6.54 Å². The maximum absolute atomic E-state index is 9.63. The summed E-state index contributed by atoms with van der Waals surface area (Å²) in [5.41, 5.74) is 1.01. The van der Waals surface area contributed by atoms with E-state index in [1.54, 1.807) is 0 Å². The Morgan fingerprint density at radius 3 is 3.08 bits per heavy atom. The number of aliphatic hydroxyl groups excluding tert-OH is 1. The van der Waals surface area contributed by atoms with Gasteiger partial charge in [-0.05, 0) is 13.5 Å². The number of nitrogens with one attached hydrogen (secondary N) is 1. The number of hydrogen-bond donors (Lipinski definition) is 2. The third kappa shape index (κ3) is 3.06. The summed E-state index contributed by atoms with van der Waals surface area (Å²) in [6, 6.07) is 0. The smallest absolute Gasteiger partial charge is 0.122 e.